The monoisotopic (exact) mass is 259 g/mol. The van der Waals surface area contributed by atoms with Crippen LogP contribution in [0.2, 0.25) is 0 Å². The summed E-state index contributed by atoms with van der Waals surface area (Å²) in [6.07, 6.45) is 1.65. The smallest absolute Gasteiger partial charge is 0.408 e. The lowest BCUT2D eigenvalue weighted by atomic mass is 10.1. The van der Waals surface area contributed by atoms with E-state index in [1.807, 2.05) is 6.07 Å². The number of H-pyrrole nitrogens is 2. The van der Waals surface area contributed by atoms with Gasteiger partial charge in [-0.3, -0.25) is 4.98 Å². The van der Waals surface area contributed by atoms with E-state index >= 15 is 0 Å². The zero-order valence-electron chi connectivity index (χ0n) is 10.5. The summed E-state index contributed by atoms with van der Waals surface area (Å²) in [6.45, 7) is 3.32. The van der Waals surface area contributed by atoms with Crippen molar-refractivity contribution in [3.05, 3.63) is 40.8 Å². The van der Waals surface area contributed by atoms with Crippen molar-refractivity contribution < 1.29 is 9.52 Å². The average molecular weight is 259 g/mol. The van der Waals surface area contributed by atoms with Crippen LogP contribution in [0.3, 0.4) is 0 Å². The van der Waals surface area contributed by atoms with Gasteiger partial charge in [0.1, 0.15) is 11.4 Å². The van der Waals surface area contributed by atoms with Gasteiger partial charge in [-0.25, -0.2) is 9.78 Å². The molecule has 0 unspecified atom stereocenters. The van der Waals surface area contributed by atoms with Gasteiger partial charge in [-0.05, 0) is 32.0 Å². The van der Waals surface area contributed by atoms with Crippen molar-refractivity contribution in [3.63, 3.8) is 0 Å². The highest BCUT2D eigenvalue weighted by Gasteiger charge is 2.20. The third kappa shape index (κ3) is 2.06. The van der Waals surface area contributed by atoms with Gasteiger partial charge in [0, 0.05) is 5.56 Å². The molecule has 98 valence electrons. The van der Waals surface area contributed by atoms with Crippen LogP contribution in [0.4, 0.5) is 0 Å². The van der Waals surface area contributed by atoms with Gasteiger partial charge in [-0.15, -0.1) is 0 Å². The number of hydrogen-bond acceptors (Lipinski definition) is 4. The quantitative estimate of drug-likeness (QED) is 0.653. The second-order valence-electron chi connectivity index (χ2n) is 4.93. The summed E-state index contributed by atoms with van der Waals surface area (Å²) in [5.74, 6) is 0.0113. The molecule has 0 bridgehead atoms. The maximum absolute atomic E-state index is 11.1. The highest BCUT2D eigenvalue weighted by atomic mass is 16.4. The Bertz CT molecular complexity index is 789. The van der Waals surface area contributed by atoms with Gasteiger partial charge in [-0.2, -0.15) is 0 Å². The fourth-order valence-corrected chi connectivity index (χ4v) is 1.90. The molecule has 3 rings (SSSR count). The van der Waals surface area contributed by atoms with Gasteiger partial charge in [0.15, 0.2) is 5.58 Å². The van der Waals surface area contributed by atoms with Crippen LogP contribution < -0.4 is 5.76 Å². The predicted molar refractivity (Wildman–Crippen MR) is 69.7 cm³/mol. The van der Waals surface area contributed by atoms with Gasteiger partial charge < -0.3 is 14.5 Å². The normalized spacial score (nSPS) is 12.2. The topological polar surface area (TPSA) is 94.9 Å². The average Bonchev–Trinajstić information content (AvgIpc) is 2.90. The molecule has 0 saturated heterocycles. The van der Waals surface area contributed by atoms with Crippen molar-refractivity contribution in [2.75, 3.05) is 0 Å². The number of aromatic nitrogens is 3. The fraction of sp³-hybridized carbons (Fsp3) is 0.231. The summed E-state index contributed by atoms with van der Waals surface area (Å²) >= 11 is 0. The zero-order valence-corrected chi connectivity index (χ0v) is 10.5. The van der Waals surface area contributed by atoms with Gasteiger partial charge in [0.05, 0.1) is 17.4 Å². The summed E-state index contributed by atoms with van der Waals surface area (Å²) in [5, 5.41) is 9.87. The second kappa shape index (κ2) is 3.83. The van der Waals surface area contributed by atoms with E-state index in [9.17, 15) is 9.90 Å². The Morgan fingerprint density at radius 3 is 2.79 bits per heavy atom. The molecule has 2 heterocycles. The van der Waals surface area contributed by atoms with E-state index in [0.717, 1.165) is 11.3 Å². The van der Waals surface area contributed by atoms with Crippen LogP contribution in [0.1, 0.15) is 19.7 Å². The van der Waals surface area contributed by atoms with Crippen molar-refractivity contribution in [2.24, 2.45) is 0 Å². The Morgan fingerprint density at radius 2 is 2.11 bits per heavy atom. The maximum Gasteiger partial charge on any atom is 0.417 e. The van der Waals surface area contributed by atoms with Crippen LogP contribution in [0.25, 0.3) is 22.4 Å². The van der Waals surface area contributed by atoms with Crippen LogP contribution in [-0.4, -0.2) is 20.1 Å². The van der Waals surface area contributed by atoms with Crippen molar-refractivity contribution in [3.8, 4) is 11.3 Å². The zero-order chi connectivity index (χ0) is 13.6. The minimum absolute atomic E-state index is 0.478. The first-order chi connectivity index (χ1) is 8.93. The first-order valence-corrected chi connectivity index (χ1v) is 5.84. The lowest BCUT2D eigenvalue weighted by Gasteiger charge is -2.12. The molecule has 0 aliphatic carbocycles. The lowest BCUT2D eigenvalue weighted by molar-refractivity contribution is 0.0697. The van der Waals surface area contributed by atoms with E-state index in [4.69, 9.17) is 4.42 Å². The van der Waals surface area contributed by atoms with E-state index in [2.05, 4.69) is 15.0 Å². The molecule has 0 aliphatic rings. The van der Waals surface area contributed by atoms with E-state index in [1.54, 1.807) is 32.2 Å². The van der Waals surface area contributed by atoms with Crippen molar-refractivity contribution >= 4 is 11.1 Å². The minimum atomic E-state index is -1.02. The lowest BCUT2D eigenvalue weighted by Crippen LogP contribution is -2.17. The largest absolute Gasteiger partial charge is 0.417 e. The summed E-state index contributed by atoms with van der Waals surface area (Å²) in [7, 11) is 0. The molecule has 0 spiro atoms. The summed E-state index contributed by atoms with van der Waals surface area (Å²) < 4.78 is 4.94. The molecule has 3 N–H and O–H groups in total. The Labute approximate surface area is 108 Å². The first-order valence-electron chi connectivity index (χ1n) is 5.84. The molecular weight excluding hydrogens is 246 g/mol. The number of nitrogens with zero attached hydrogens (tertiary/aromatic N) is 1. The molecule has 0 saturated carbocycles. The second-order valence-corrected chi connectivity index (χ2v) is 4.93. The number of hydrogen-bond donors (Lipinski definition) is 3. The van der Waals surface area contributed by atoms with E-state index in [0.29, 0.717) is 16.9 Å². The van der Waals surface area contributed by atoms with Crippen LogP contribution >= 0.6 is 0 Å². The fourth-order valence-electron chi connectivity index (χ4n) is 1.90. The number of aromatic amines is 2. The highest BCUT2D eigenvalue weighted by Crippen LogP contribution is 2.24. The number of aliphatic hydroxyl groups is 1. The molecule has 0 atom stereocenters. The summed E-state index contributed by atoms with van der Waals surface area (Å²) in [5.41, 5.74) is 1.73. The van der Waals surface area contributed by atoms with Crippen molar-refractivity contribution in [1.29, 1.82) is 0 Å². The third-order valence-corrected chi connectivity index (χ3v) is 2.89. The number of rotatable bonds is 2. The molecule has 0 aliphatic heterocycles. The number of nitrogens with one attached hydrogen (secondary N) is 2. The van der Waals surface area contributed by atoms with E-state index < -0.39 is 11.4 Å². The molecular formula is C13H13N3O3. The molecule has 1 aromatic carbocycles. The number of fused-ring (bicyclic) bond motifs is 1. The molecule has 19 heavy (non-hydrogen) atoms. The molecule has 0 amide bonds. The van der Waals surface area contributed by atoms with Crippen molar-refractivity contribution in [1.82, 2.24) is 15.0 Å². The number of oxazole rings is 1. The van der Waals surface area contributed by atoms with Gasteiger partial charge >= 0.3 is 5.76 Å². The van der Waals surface area contributed by atoms with Crippen LogP contribution in [0.5, 0.6) is 0 Å². The van der Waals surface area contributed by atoms with E-state index in [1.165, 1.54) is 0 Å². The highest BCUT2D eigenvalue weighted by molar-refractivity contribution is 5.78. The van der Waals surface area contributed by atoms with Crippen LogP contribution in [-0.2, 0) is 5.60 Å². The first kappa shape index (κ1) is 11.7. The summed E-state index contributed by atoms with van der Waals surface area (Å²) in [4.78, 5) is 20.9. The molecule has 0 fully saturated rings. The SMILES string of the molecule is CC(C)(O)c1ncc(-c2ccc3oc(=O)[nH]c3c2)[nH]1. The van der Waals surface area contributed by atoms with Gasteiger partial charge in [-0.1, -0.05) is 0 Å². The van der Waals surface area contributed by atoms with Crippen molar-refractivity contribution in [2.45, 2.75) is 19.4 Å². The number of benzene rings is 1. The predicted octanol–water partition coefficient (Wildman–Crippen LogP) is 1.74. The number of imidazole rings is 1. The summed E-state index contributed by atoms with van der Waals surface area (Å²) in [6, 6.07) is 5.33. The van der Waals surface area contributed by atoms with Crippen LogP contribution in [0, 0.1) is 0 Å². The standard InChI is InChI=1S/C13H13N3O3/c1-13(2,18)11-14-6-9(15-11)7-3-4-10-8(5-7)16-12(17)19-10/h3-6,18H,1-2H3,(H,14,15)(H,16,17). The van der Waals surface area contributed by atoms with E-state index in [-0.39, 0.29) is 0 Å². The molecule has 6 nitrogen and oxygen atoms in total. The third-order valence-electron chi connectivity index (χ3n) is 2.89. The van der Waals surface area contributed by atoms with Gasteiger partial charge in [0.25, 0.3) is 0 Å². The Hall–Kier alpha value is -2.34. The maximum atomic E-state index is 11.1. The Balaban J connectivity index is 2.08. The van der Waals surface area contributed by atoms with Crippen LogP contribution in [0.15, 0.2) is 33.6 Å². The Morgan fingerprint density at radius 1 is 1.32 bits per heavy atom. The molecule has 6 heteroatoms. The van der Waals surface area contributed by atoms with Gasteiger partial charge in [0.2, 0.25) is 0 Å². The molecule has 2 aromatic heterocycles. The minimum Gasteiger partial charge on any atom is -0.408 e. The molecule has 3 aromatic rings. The molecule has 0 radical (unpaired) electrons. The Kier molecular flexibility index (Phi) is 2.36.